The van der Waals surface area contributed by atoms with Crippen molar-refractivity contribution < 1.29 is 14.3 Å². The summed E-state index contributed by atoms with van der Waals surface area (Å²) < 4.78 is 13.1. The van der Waals surface area contributed by atoms with Gasteiger partial charge in [0, 0.05) is 9.50 Å². The van der Waals surface area contributed by atoms with Crippen LogP contribution in [-0.4, -0.2) is 18.7 Å². The van der Waals surface area contributed by atoms with Crippen LogP contribution in [0.4, 0.5) is 0 Å². The molecule has 0 saturated heterocycles. The molecule has 3 aromatic carbocycles. The number of halogens is 3. The van der Waals surface area contributed by atoms with E-state index in [2.05, 4.69) is 42.4 Å². The first kappa shape index (κ1) is 23.3. The van der Waals surface area contributed by atoms with Gasteiger partial charge in [0.05, 0.1) is 22.9 Å². The maximum absolute atomic E-state index is 12.3. The Morgan fingerprint density at radius 2 is 1.81 bits per heavy atom. The third kappa shape index (κ3) is 6.56. The summed E-state index contributed by atoms with van der Waals surface area (Å²) in [6, 6.07) is 18.2. The highest BCUT2D eigenvalue weighted by Crippen LogP contribution is 2.37. The summed E-state index contributed by atoms with van der Waals surface area (Å²) in [4.78, 5) is 12.3. The van der Waals surface area contributed by atoms with Crippen molar-refractivity contribution in [1.29, 1.82) is 0 Å². The molecule has 0 aliphatic rings. The molecular formula is C23H19Br2ClN2O3. The fourth-order valence-electron chi connectivity index (χ4n) is 2.67. The number of hydrazone groups is 1. The second kappa shape index (κ2) is 11.3. The van der Waals surface area contributed by atoms with Crippen LogP contribution in [0, 0.1) is 0 Å². The smallest absolute Gasteiger partial charge is 0.272 e. The van der Waals surface area contributed by atoms with Gasteiger partial charge in [0.2, 0.25) is 0 Å². The Kier molecular flexibility index (Phi) is 8.51. The SMILES string of the molecule is CCOc1cc(/C=N\NC(=O)c2ccccc2Br)cc(Br)c1OCc1ccc(Cl)cc1. The summed E-state index contributed by atoms with van der Waals surface area (Å²) in [5.74, 6) is 0.853. The molecule has 1 amide bonds. The quantitative estimate of drug-likeness (QED) is 0.247. The molecule has 0 aliphatic heterocycles. The summed E-state index contributed by atoms with van der Waals surface area (Å²) in [7, 11) is 0. The van der Waals surface area contributed by atoms with E-state index in [4.69, 9.17) is 21.1 Å². The third-order valence-corrected chi connectivity index (χ3v) is 5.66. The molecule has 0 bridgehead atoms. The van der Waals surface area contributed by atoms with Crippen LogP contribution in [0.2, 0.25) is 5.02 Å². The molecule has 0 aromatic heterocycles. The van der Waals surface area contributed by atoms with Crippen LogP contribution in [0.5, 0.6) is 11.5 Å². The highest BCUT2D eigenvalue weighted by molar-refractivity contribution is 9.10. The lowest BCUT2D eigenvalue weighted by Crippen LogP contribution is -2.18. The van der Waals surface area contributed by atoms with Gasteiger partial charge in [0.25, 0.3) is 5.91 Å². The van der Waals surface area contributed by atoms with Crippen molar-refractivity contribution in [3.63, 3.8) is 0 Å². The second-order valence-corrected chi connectivity index (χ2v) is 8.50. The first-order valence-electron chi connectivity index (χ1n) is 9.39. The van der Waals surface area contributed by atoms with Gasteiger partial charge in [0.1, 0.15) is 6.61 Å². The highest BCUT2D eigenvalue weighted by atomic mass is 79.9. The Hall–Kier alpha value is -2.35. The fraction of sp³-hybridized carbons (Fsp3) is 0.130. The monoisotopic (exact) mass is 564 g/mol. The molecule has 31 heavy (non-hydrogen) atoms. The molecule has 0 atom stereocenters. The van der Waals surface area contributed by atoms with E-state index in [0.29, 0.717) is 44.2 Å². The van der Waals surface area contributed by atoms with Crippen molar-refractivity contribution in [2.75, 3.05) is 6.61 Å². The van der Waals surface area contributed by atoms with Gasteiger partial charge >= 0.3 is 0 Å². The van der Waals surface area contributed by atoms with E-state index in [9.17, 15) is 4.79 Å². The number of carbonyl (C=O) groups excluding carboxylic acids is 1. The zero-order chi connectivity index (χ0) is 22.2. The van der Waals surface area contributed by atoms with Crippen LogP contribution in [0.15, 0.2) is 74.7 Å². The highest BCUT2D eigenvalue weighted by Gasteiger charge is 2.13. The van der Waals surface area contributed by atoms with Gasteiger partial charge in [-0.2, -0.15) is 5.10 Å². The minimum Gasteiger partial charge on any atom is -0.490 e. The normalized spacial score (nSPS) is 10.8. The van der Waals surface area contributed by atoms with Crippen molar-refractivity contribution in [2.45, 2.75) is 13.5 Å². The van der Waals surface area contributed by atoms with Crippen LogP contribution in [0.1, 0.15) is 28.4 Å². The Balaban J connectivity index is 1.73. The standard InChI is InChI=1S/C23H19Br2ClN2O3/c1-2-30-21-12-16(13-27-28-23(29)18-5-3-4-6-19(18)24)11-20(25)22(21)31-14-15-7-9-17(26)10-8-15/h3-13H,2,14H2,1H3,(H,28,29)/b27-13-. The summed E-state index contributed by atoms with van der Waals surface area (Å²) in [5, 5.41) is 4.73. The lowest BCUT2D eigenvalue weighted by molar-refractivity contribution is 0.0954. The second-order valence-electron chi connectivity index (χ2n) is 6.36. The predicted octanol–water partition coefficient (Wildman–Crippen LogP) is 6.61. The van der Waals surface area contributed by atoms with Crippen LogP contribution in [-0.2, 0) is 6.61 Å². The number of hydrogen-bond acceptors (Lipinski definition) is 4. The molecule has 0 heterocycles. The number of nitrogens with one attached hydrogen (secondary N) is 1. The largest absolute Gasteiger partial charge is 0.490 e. The van der Waals surface area contributed by atoms with Crippen molar-refractivity contribution in [3.05, 3.63) is 91.3 Å². The van der Waals surface area contributed by atoms with E-state index in [1.807, 2.05) is 43.3 Å². The summed E-state index contributed by atoms with van der Waals surface area (Å²) in [6.45, 7) is 2.74. The first-order valence-corrected chi connectivity index (χ1v) is 11.4. The number of ether oxygens (including phenoxy) is 2. The maximum Gasteiger partial charge on any atom is 0.272 e. The van der Waals surface area contributed by atoms with Crippen LogP contribution >= 0.6 is 43.5 Å². The van der Waals surface area contributed by atoms with Gasteiger partial charge in [-0.1, -0.05) is 35.9 Å². The van der Waals surface area contributed by atoms with E-state index < -0.39 is 0 Å². The number of nitrogens with zero attached hydrogens (tertiary/aromatic N) is 1. The van der Waals surface area contributed by atoms with Crippen molar-refractivity contribution in [3.8, 4) is 11.5 Å². The predicted molar refractivity (Wildman–Crippen MR) is 130 cm³/mol. The van der Waals surface area contributed by atoms with E-state index in [0.717, 1.165) is 11.1 Å². The lowest BCUT2D eigenvalue weighted by atomic mass is 10.2. The lowest BCUT2D eigenvalue weighted by Gasteiger charge is -2.14. The molecule has 160 valence electrons. The third-order valence-electron chi connectivity index (χ3n) is 4.13. The van der Waals surface area contributed by atoms with Crippen LogP contribution < -0.4 is 14.9 Å². The number of amides is 1. The molecule has 8 heteroatoms. The van der Waals surface area contributed by atoms with Gasteiger partial charge in [-0.15, -0.1) is 0 Å². The Bertz CT molecular complexity index is 1090. The minimum absolute atomic E-state index is 0.309. The average molecular weight is 567 g/mol. The zero-order valence-electron chi connectivity index (χ0n) is 16.6. The molecule has 3 rings (SSSR count). The molecule has 1 N–H and O–H groups in total. The minimum atomic E-state index is -0.309. The van der Waals surface area contributed by atoms with E-state index in [-0.39, 0.29) is 5.91 Å². The molecule has 5 nitrogen and oxygen atoms in total. The van der Waals surface area contributed by atoms with E-state index in [1.165, 1.54) is 0 Å². The molecular weight excluding hydrogens is 548 g/mol. The number of rotatable bonds is 8. The van der Waals surface area contributed by atoms with Crippen LogP contribution in [0.25, 0.3) is 0 Å². The Morgan fingerprint density at radius 3 is 2.52 bits per heavy atom. The van der Waals surface area contributed by atoms with Crippen molar-refractivity contribution >= 4 is 55.6 Å². The van der Waals surface area contributed by atoms with E-state index in [1.54, 1.807) is 30.5 Å². The van der Waals surface area contributed by atoms with Gasteiger partial charge < -0.3 is 9.47 Å². The van der Waals surface area contributed by atoms with Gasteiger partial charge in [-0.25, -0.2) is 5.43 Å². The molecule has 0 unspecified atom stereocenters. The summed E-state index contributed by atoms with van der Waals surface area (Å²) in [6.07, 6.45) is 1.55. The fourth-order valence-corrected chi connectivity index (χ4v) is 3.84. The average Bonchev–Trinajstić information content (AvgIpc) is 2.75. The van der Waals surface area contributed by atoms with Crippen LogP contribution in [0.3, 0.4) is 0 Å². The summed E-state index contributed by atoms with van der Waals surface area (Å²) >= 11 is 12.8. The molecule has 0 saturated carbocycles. The zero-order valence-corrected chi connectivity index (χ0v) is 20.5. The van der Waals surface area contributed by atoms with E-state index >= 15 is 0 Å². The summed E-state index contributed by atoms with van der Waals surface area (Å²) in [5.41, 5.74) is 4.75. The molecule has 3 aromatic rings. The topological polar surface area (TPSA) is 59.9 Å². The maximum atomic E-state index is 12.3. The number of carbonyl (C=O) groups is 1. The molecule has 0 aliphatic carbocycles. The molecule has 0 spiro atoms. The van der Waals surface area contributed by atoms with Crippen molar-refractivity contribution in [1.82, 2.24) is 5.43 Å². The van der Waals surface area contributed by atoms with Crippen molar-refractivity contribution in [2.24, 2.45) is 5.10 Å². The number of benzene rings is 3. The van der Waals surface area contributed by atoms with Gasteiger partial charge in [0.15, 0.2) is 11.5 Å². The molecule has 0 radical (unpaired) electrons. The Morgan fingerprint density at radius 1 is 1.06 bits per heavy atom. The Labute approximate surface area is 202 Å². The number of hydrogen-bond donors (Lipinski definition) is 1. The van der Waals surface area contributed by atoms with Gasteiger partial charge in [-0.05, 0) is 86.3 Å². The van der Waals surface area contributed by atoms with Gasteiger partial charge in [-0.3, -0.25) is 4.79 Å². The first-order chi connectivity index (χ1) is 15.0. The molecule has 0 fully saturated rings.